The van der Waals surface area contributed by atoms with Crippen LogP contribution in [0.25, 0.3) is 0 Å². The van der Waals surface area contributed by atoms with Crippen molar-refractivity contribution in [2.45, 2.75) is 31.8 Å². The largest absolute Gasteiger partial charge is 0.393 e. The Kier molecular flexibility index (Phi) is 4.31. The molecule has 0 aliphatic heterocycles. The van der Waals surface area contributed by atoms with Gasteiger partial charge in [-0.3, -0.25) is 4.79 Å². The summed E-state index contributed by atoms with van der Waals surface area (Å²) in [4.78, 5) is 11.7. The molecule has 0 saturated heterocycles. The molecule has 98 valence electrons. The molecule has 0 spiro atoms. The number of aliphatic hydroxyl groups excluding tert-OH is 1. The first-order chi connectivity index (χ1) is 8.65. The van der Waals surface area contributed by atoms with Crippen LogP contribution in [0, 0.1) is 11.7 Å². The molecule has 3 nitrogen and oxygen atoms in total. The van der Waals surface area contributed by atoms with Crippen LogP contribution in [-0.4, -0.2) is 23.7 Å². The number of hydrogen-bond acceptors (Lipinski definition) is 2. The highest BCUT2D eigenvalue weighted by molar-refractivity contribution is 5.78. The van der Waals surface area contributed by atoms with Gasteiger partial charge in [-0.05, 0) is 36.8 Å². The molecule has 18 heavy (non-hydrogen) atoms. The highest BCUT2D eigenvalue weighted by Gasteiger charge is 2.22. The van der Waals surface area contributed by atoms with Crippen molar-refractivity contribution in [3.63, 3.8) is 0 Å². The summed E-state index contributed by atoms with van der Waals surface area (Å²) < 4.78 is 13.3. The van der Waals surface area contributed by atoms with Crippen LogP contribution in [0.5, 0.6) is 0 Å². The lowest BCUT2D eigenvalue weighted by Gasteiger charge is -2.11. The maximum absolute atomic E-state index is 13.3. The fourth-order valence-corrected chi connectivity index (χ4v) is 2.37. The number of carbonyl (C=O) groups is 1. The van der Waals surface area contributed by atoms with Crippen molar-refractivity contribution in [1.29, 1.82) is 0 Å². The molecular formula is C14H18FNO2. The Balaban J connectivity index is 1.77. The second kappa shape index (κ2) is 5.96. The van der Waals surface area contributed by atoms with Gasteiger partial charge in [0.15, 0.2) is 0 Å². The number of carbonyl (C=O) groups excluding carboxylic acids is 1. The number of benzene rings is 1. The van der Waals surface area contributed by atoms with E-state index in [-0.39, 0.29) is 24.2 Å². The maximum atomic E-state index is 13.3. The van der Waals surface area contributed by atoms with Crippen molar-refractivity contribution in [1.82, 2.24) is 5.32 Å². The number of halogens is 1. The summed E-state index contributed by atoms with van der Waals surface area (Å²) in [6.45, 7) is 0.574. The molecule has 0 bridgehead atoms. The minimum absolute atomic E-state index is 0.0714. The molecule has 0 heterocycles. The second-order valence-corrected chi connectivity index (χ2v) is 4.91. The highest BCUT2D eigenvalue weighted by atomic mass is 19.1. The summed E-state index contributed by atoms with van der Waals surface area (Å²) >= 11 is 0. The minimum Gasteiger partial charge on any atom is -0.393 e. The molecule has 2 N–H and O–H groups in total. The molecule has 1 aliphatic rings. The normalized spacial score (nSPS) is 23.0. The van der Waals surface area contributed by atoms with Gasteiger partial charge in [-0.2, -0.15) is 0 Å². The van der Waals surface area contributed by atoms with E-state index in [1.165, 1.54) is 6.07 Å². The third-order valence-corrected chi connectivity index (χ3v) is 3.41. The Bertz CT molecular complexity index is 422. The Morgan fingerprint density at radius 3 is 2.83 bits per heavy atom. The Labute approximate surface area is 106 Å². The average Bonchev–Trinajstić information content (AvgIpc) is 2.76. The van der Waals surface area contributed by atoms with E-state index in [1.54, 1.807) is 18.2 Å². The van der Waals surface area contributed by atoms with Crippen LogP contribution in [0.4, 0.5) is 4.39 Å². The topological polar surface area (TPSA) is 49.3 Å². The van der Waals surface area contributed by atoms with Crippen LogP contribution in [0.2, 0.25) is 0 Å². The van der Waals surface area contributed by atoms with E-state index in [1.807, 2.05) is 0 Å². The molecule has 2 atom stereocenters. The summed E-state index contributed by atoms with van der Waals surface area (Å²) in [5.74, 6) is -0.157. The number of hydrogen-bond donors (Lipinski definition) is 2. The first kappa shape index (κ1) is 13.0. The average molecular weight is 251 g/mol. The zero-order valence-corrected chi connectivity index (χ0v) is 10.2. The van der Waals surface area contributed by atoms with Crippen molar-refractivity contribution in [2.24, 2.45) is 5.92 Å². The van der Waals surface area contributed by atoms with Crippen molar-refractivity contribution in [3.8, 4) is 0 Å². The van der Waals surface area contributed by atoms with E-state index >= 15 is 0 Å². The van der Waals surface area contributed by atoms with E-state index in [0.717, 1.165) is 19.3 Å². The van der Waals surface area contributed by atoms with Gasteiger partial charge in [0.2, 0.25) is 5.91 Å². The monoisotopic (exact) mass is 251 g/mol. The van der Waals surface area contributed by atoms with Crippen molar-refractivity contribution in [3.05, 3.63) is 35.6 Å². The van der Waals surface area contributed by atoms with Crippen molar-refractivity contribution < 1.29 is 14.3 Å². The van der Waals surface area contributed by atoms with Crippen molar-refractivity contribution in [2.75, 3.05) is 6.54 Å². The van der Waals surface area contributed by atoms with Gasteiger partial charge in [0.05, 0.1) is 12.5 Å². The molecule has 0 radical (unpaired) electrons. The lowest BCUT2D eigenvalue weighted by molar-refractivity contribution is -0.120. The molecule has 2 unspecified atom stereocenters. The molecule has 1 saturated carbocycles. The molecule has 0 aromatic heterocycles. The van der Waals surface area contributed by atoms with Gasteiger partial charge in [0, 0.05) is 6.54 Å². The van der Waals surface area contributed by atoms with Gasteiger partial charge in [0.25, 0.3) is 0 Å². The zero-order valence-electron chi connectivity index (χ0n) is 10.2. The van der Waals surface area contributed by atoms with Gasteiger partial charge in [0.1, 0.15) is 5.82 Å². The third kappa shape index (κ3) is 3.53. The van der Waals surface area contributed by atoms with Gasteiger partial charge < -0.3 is 10.4 Å². The van der Waals surface area contributed by atoms with E-state index < -0.39 is 0 Å². The number of aliphatic hydroxyl groups is 1. The minimum atomic E-state index is -0.344. The van der Waals surface area contributed by atoms with E-state index in [0.29, 0.717) is 18.0 Å². The Hall–Kier alpha value is -1.42. The van der Waals surface area contributed by atoms with E-state index in [2.05, 4.69) is 5.32 Å². The zero-order chi connectivity index (χ0) is 13.0. The standard InChI is InChI=1S/C14H18FNO2/c15-13-4-2-1-3-11(13)8-14(18)16-9-10-5-6-12(17)7-10/h1-4,10,12,17H,5-9H2,(H,16,18). The van der Waals surface area contributed by atoms with Gasteiger partial charge in [-0.15, -0.1) is 0 Å². The Morgan fingerprint density at radius 2 is 2.17 bits per heavy atom. The third-order valence-electron chi connectivity index (χ3n) is 3.41. The predicted molar refractivity (Wildman–Crippen MR) is 66.5 cm³/mol. The molecule has 1 amide bonds. The van der Waals surface area contributed by atoms with Crippen LogP contribution in [-0.2, 0) is 11.2 Å². The molecule has 1 aliphatic carbocycles. The molecule has 1 fully saturated rings. The van der Waals surface area contributed by atoms with Crippen LogP contribution >= 0.6 is 0 Å². The van der Waals surface area contributed by atoms with Gasteiger partial charge >= 0.3 is 0 Å². The summed E-state index contributed by atoms with van der Waals surface area (Å²) in [7, 11) is 0. The van der Waals surface area contributed by atoms with Crippen LogP contribution in [0.1, 0.15) is 24.8 Å². The van der Waals surface area contributed by atoms with Crippen LogP contribution in [0.15, 0.2) is 24.3 Å². The highest BCUT2D eigenvalue weighted by Crippen LogP contribution is 2.24. The summed E-state index contributed by atoms with van der Waals surface area (Å²) in [5.41, 5.74) is 0.418. The lowest BCUT2D eigenvalue weighted by atomic mass is 10.1. The van der Waals surface area contributed by atoms with Gasteiger partial charge in [-0.1, -0.05) is 18.2 Å². The number of nitrogens with one attached hydrogen (secondary N) is 1. The van der Waals surface area contributed by atoms with E-state index in [4.69, 9.17) is 0 Å². The first-order valence-corrected chi connectivity index (χ1v) is 6.33. The first-order valence-electron chi connectivity index (χ1n) is 6.33. The predicted octanol–water partition coefficient (Wildman–Crippen LogP) is 1.65. The molecular weight excluding hydrogens is 233 g/mol. The molecule has 2 rings (SSSR count). The summed E-state index contributed by atoms with van der Waals surface area (Å²) in [6.07, 6.45) is 2.36. The van der Waals surface area contributed by atoms with E-state index in [9.17, 15) is 14.3 Å². The lowest BCUT2D eigenvalue weighted by Crippen LogP contribution is -2.30. The fourth-order valence-electron chi connectivity index (χ4n) is 2.37. The smallest absolute Gasteiger partial charge is 0.224 e. The SMILES string of the molecule is O=C(Cc1ccccc1F)NCC1CCC(O)C1. The number of amides is 1. The van der Waals surface area contributed by atoms with Crippen LogP contribution in [0.3, 0.4) is 0 Å². The summed E-state index contributed by atoms with van der Waals surface area (Å²) in [5, 5.41) is 12.2. The maximum Gasteiger partial charge on any atom is 0.224 e. The van der Waals surface area contributed by atoms with Crippen LogP contribution < -0.4 is 5.32 Å². The number of rotatable bonds is 4. The fraction of sp³-hybridized carbons (Fsp3) is 0.500. The van der Waals surface area contributed by atoms with Gasteiger partial charge in [-0.25, -0.2) is 4.39 Å². The summed E-state index contributed by atoms with van der Waals surface area (Å²) in [6, 6.07) is 6.31. The molecule has 4 heteroatoms. The molecule has 1 aromatic carbocycles. The van der Waals surface area contributed by atoms with Crippen molar-refractivity contribution >= 4 is 5.91 Å². The Morgan fingerprint density at radius 1 is 1.39 bits per heavy atom. The molecule has 1 aromatic rings. The quantitative estimate of drug-likeness (QED) is 0.854. The second-order valence-electron chi connectivity index (χ2n) is 4.91.